The van der Waals surface area contributed by atoms with E-state index < -0.39 is 17.4 Å². The molecule has 2 aliphatic rings. The van der Waals surface area contributed by atoms with Gasteiger partial charge in [-0.1, -0.05) is 19.1 Å². The van der Waals surface area contributed by atoms with Crippen molar-refractivity contribution in [3.63, 3.8) is 0 Å². The van der Waals surface area contributed by atoms with Gasteiger partial charge in [0, 0.05) is 35.2 Å². The van der Waals surface area contributed by atoms with Gasteiger partial charge in [-0.2, -0.15) is 0 Å². The van der Waals surface area contributed by atoms with E-state index in [1.165, 1.54) is 0 Å². The molecule has 2 N–H and O–H groups in total. The van der Waals surface area contributed by atoms with Crippen LogP contribution in [0.4, 0.5) is 0 Å². The minimum absolute atomic E-state index is 0.0130. The van der Waals surface area contributed by atoms with E-state index >= 15 is 0 Å². The van der Waals surface area contributed by atoms with Crippen LogP contribution >= 0.6 is 0 Å². The topological polar surface area (TPSA) is 81.1 Å². The fraction of sp³-hybridized carbons (Fsp3) is 0.806. The van der Waals surface area contributed by atoms with E-state index in [9.17, 15) is 19.8 Å². The van der Waals surface area contributed by atoms with Crippen LogP contribution in [0, 0.1) is 23.2 Å². The van der Waals surface area contributed by atoms with Gasteiger partial charge in [0.15, 0.2) is 5.41 Å². The van der Waals surface area contributed by atoms with E-state index in [0.717, 1.165) is 38.8 Å². The predicted molar refractivity (Wildman–Crippen MR) is 152 cm³/mol. The first kappa shape index (κ1) is 31.6. The third kappa shape index (κ3) is 6.16. The molecule has 0 aromatic rings. The zero-order chi connectivity index (χ0) is 28.6. The largest absolute Gasteiger partial charge is 0.480 e. The number of likely N-dealkylation sites (tertiary alicyclic amines) is 2. The van der Waals surface area contributed by atoms with Crippen molar-refractivity contribution < 1.29 is 19.8 Å². The summed E-state index contributed by atoms with van der Waals surface area (Å²) in [5, 5.41) is 20.5. The highest BCUT2D eigenvalue weighted by Gasteiger charge is 2.55. The van der Waals surface area contributed by atoms with Crippen LogP contribution in [0.3, 0.4) is 0 Å². The molecule has 0 spiro atoms. The second-order valence-electron chi connectivity index (χ2n) is 14.3. The second kappa shape index (κ2) is 10.8. The number of aliphatic carboxylic acids is 2. The second-order valence-corrected chi connectivity index (χ2v) is 14.3. The highest BCUT2D eigenvalue weighted by Crippen LogP contribution is 2.54. The molecule has 0 unspecified atom stereocenters. The van der Waals surface area contributed by atoms with Crippen molar-refractivity contribution in [2.75, 3.05) is 13.1 Å². The summed E-state index contributed by atoms with van der Waals surface area (Å²) in [5.41, 5.74) is -2.24. The molecule has 2 saturated heterocycles. The minimum atomic E-state index is -1.77. The van der Waals surface area contributed by atoms with Gasteiger partial charge >= 0.3 is 11.9 Å². The molecule has 6 nitrogen and oxygen atoms in total. The number of hydrogen-bond donors (Lipinski definition) is 2. The molecule has 6 heteroatoms. The van der Waals surface area contributed by atoms with Crippen LogP contribution in [0.15, 0.2) is 25.3 Å². The van der Waals surface area contributed by atoms with Crippen molar-refractivity contribution in [3.05, 3.63) is 25.3 Å². The lowest BCUT2D eigenvalue weighted by atomic mass is 9.57. The highest BCUT2D eigenvalue weighted by atomic mass is 16.4. The Morgan fingerprint density at radius 3 is 1.30 bits per heavy atom. The first-order valence-corrected chi connectivity index (χ1v) is 14.1. The van der Waals surface area contributed by atoms with Gasteiger partial charge in [0.2, 0.25) is 0 Å². The van der Waals surface area contributed by atoms with Crippen molar-refractivity contribution in [1.82, 2.24) is 9.80 Å². The lowest BCUT2D eigenvalue weighted by molar-refractivity contribution is -0.169. The van der Waals surface area contributed by atoms with Crippen molar-refractivity contribution in [1.29, 1.82) is 0 Å². The maximum Gasteiger partial charge on any atom is 0.321 e. The number of nitrogens with zero attached hydrogens (tertiary/aromatic N) is 2. The number of piperidine rings is 2. The lowest BCUT2D eigenvalue weighted by Gasteiger charge is -2.60. The first-order valence-electron chi connectivity index (χ1n) is 14.1. The minimum Gasteiger partial charge on any atom is -0.480 e. The Hall–Kier alpha value is -1.66. The molecule has 2 fully saturated rings. The van der Waals surface area contributed by atoms with E-state index in [-0.39, 0.29) is 52.8 Å². The van der Waals surface area contributed by atoms with Crippen LogP contribution in [0.25, 0.3) is 0 Å². The van der Waals surface area contributed by atoms with E-state index in [2.05, 4.69) is 78.3 Å². The molecule has 37 heavy (non-hydrogen) atoms. The fourth-order valence-electron chi connectivity index (χ4n) is 8.48. The van der Waals surface area contributed by atoms with Crippen molar-refractivity contribution >= 4 is 11.9 Å². The number of rotatable bonds is 11. The number of carboxylic acids is 2. The molecular weight excluding hydrogens is 464 g/mol. The summed E-state index contributed by atoms with van der Waals surface area (Å²) >= 11 is 0. The van der Waals surface area contributed by atoms with Crippen LogP contribution in [-0.2, 0) is 9.59 Å². The van der Waals surface area contributed by atoms with Gasteiger partial charge in [0.25, 0.3) is 0 Å². The zero-order valence-corrected chi connectivity index (χ0v) is 25.1. The van der Waals surface area contributed by atoms with Crippen LogP contribution < -0.4 is 0 Å². The fourth-order valence-corrected chi connectivity index (χ4v) is 8.48. The van der Waals surface area contributed by atoms with Gasteiger partial charge in [0.1, 0.15) is 0 Å². The third-order valence-electron chi connectivity index (χ3n) is 9.81. The summed E-state index contributed by atoms with van der Waals surface area (Å²) in [6, 6.07) is 0. The highest BCUT2D eigenvalue weighted by molar-refractivity contribution is 5.98. The van der Waals surface area contributed by atoms with Crippen molar-refractivity contribution in [2.45, 2.75) is 123 Å². The van der Waals surface area contributed by atoms with Gasteiger partial charge in [-0.3, -0.25) is 19.4 Å². The molecule has 0 amide bonds. The quantitative estimate of drug-likeness (QED) is 0.241. The third-order valence-corrected chi connectivity index (χ3v) is 9.81. The summed E-state index contributed by atoms with van der Waals surface area (Å²) in [6.45, 7) is 29.4. The van der Waals surface area contributed by atoms with Gasteiger partial charge in [-0.15, -0.1) is 13.2 Å². The molecule has 2 rings (SSSR count). The molecule has 0 atom stereocenters. The van der Waals surface area contributed by atoms with Gasteiger partial charge in [-0.25, -0.2) is 0 Å². The normalized spacial score (nSPS) is 24.6. The molecule has 0 aromatic heterocycles. The Balaban J connectivity index is 2.63. The lowest BCUT2D eigenvalue weighted by Crippen LogP contribution is -2.64. The maximum atomic E-state index is 12.6. The van der Waals surface area contributed by atoms with Crippen LogP contribution in [0.2, 0.25) is 0 Å². The SMILES string of the molecule is C=CCN1C(C)(C)CC(C(CC(CC)(C(=O)O)C(=O)O)C2CC(C)(C)N(CC=C)C(C)(C)C2)CC1(C)C. The van der Waals surface area contributed by atoms with Gasteiger partial charge in [-0.05, 0) is 112 Å². The number of hydrogen-bond acceptors (Lipinski definition) is 4. The van der Waals surface area contributed by atoms with E-state index in [0.29, 0.717) is 0 Å². The first-order chi connectivity index (χ1) is 16.8. The molecule has 212 valence electrons. The predicted octanol–water partition coefficient (Wildman–Crippen LogP) is 6.47. The molecule has 0 bridgehead atoms. The molecular formula is C31H54N2O4. The standard InChI is InChI=1S/C31H54N2O4/c1-12-15-32-27(4,5)17-22(18-28(32,6)7)24(21-31(14-3,25(34)35)26(36)37)23-19-29(8,9)33(16-13-2)30(10,11)20-23/h12-13,22-24H,1-2,14-21H2,3-11H3,(H,34,35)(H,36,37). The average molecular weight is 519 g/mol. The number of carboxylic acid groups (broad SMARTS) is 2. The monoisotopic (exact) mass is 518 g/mol. The molecule has 0 saturated carbocycles. The summed E-state index contributed by atoms with van der Waals surface area (Å²) in [4.78, 5) is 30.1. The Morgan fingerprint density at radius 2 is 1.08 bits per heavy atom. The average Bonchev–Trinajstić information content (AvgIpc) is 2.72. The Kier molecular flexibility index (Phi) is 9.25. The summed E-state index contributed by atoms with van der Waals surface area (Å²) in [5.74, 6) is -1.99. The number of carbonyl (C=O) groups is 2. The molecule has 2 aliphatic heterocycles. The van der Waals surface area contributed by atoms with Crippen LogP contribution in [0.5, 0.6) is 0 Å². The van der Waals surface area contributed by atoms with Crippen LogP contribution in [-0.4, -0.2) is 67.2 Å². The summed E-state index contributed by atoms with van der Waals surface area (Å²) in [7, 11) is 0. The van der Waals surface area contributed by atoms with Crippen molar-refractivity contribution in [3.8, 4) is 0 Å². The van der Waals surface area contributed by atoms with Gasteiger partial charge < -0.3 is 10.2 Å². The molecule has 2 heterocycles. The smallest absolute Gasteiger partial charge is 0.321 e. The molecule has 0 radical (unpaired) electrons. The summed E-state index contributed by atoms with van der Waals surface area (Å²) in [6.07, 6.45) is 7.78. The van der Waals surface area contributed by atoms with E-state index in [1.54, 1.807) is 6.92 Å². The van der Waals surface area contributed by atoms with E-state index in [4.69, 9.17) is 0 Å². The Bertz CT molecular complexity index is 772. The van der Waals surface area contributed by atoms with E-state index in [1.807, 2.05) is 12.2 Å². The molecule has 0 aliphatic carbocycles. The van der Waals surface area contributed by atoms with Crippen molar-refractivity contribution in [2.24, 2.45) is 23.2 Å². The van der Waals surface area contributed by atoms with Gasteiger partial charge in [0.05, 0.1) is 0 Å². The maximum absolute atomic E-state index is 12.6. The zero-order valence-electron chi connectivity index (χ0n) is 25.1. The van der Waals surface area contributed by atoms with Crippen LogP contribution in [0.1, 0.15) is 101 Å². The Morgan fingerprint density at radius 1 is 0.784 bits per heavy atom. The Labute approximate surface area is 226 Å². The summed E-state index contributed by atoms with van der Waals surface area (Å²) < 4.78 is 0. The molecule has 0 aromatic carbocycles.